The molecule has 6 nitrogen and oxygen atoms in total. The molecule has 1 aliphatic rings. The minimum absolute atomic E-state index is 0.125. The fourth-order valence-electron chi connectivity index (χ4n) is 2.34. The lowest BCUT2D eigenvalue weighted by Gasteiger charge is -2.26. The van der Waals surface area contributed by atoms with Gasteiger partial charge in [-0.15, -0.1) is 11.3 Å². The molecule has 7 heteroatoms. The van der Waals surface area contributed by atoms with Crippen molar-refractivity contribution in [3.63, 3.8) is 0 Å². The maximum Gasteiger partial charge on any atom is 0.266 e. The molecule has 0 bridgehead atoms. The Morgan fingerprint density at radius 1 is 1.30 bits per heavy atom. The fourth-order valence-corrected chi connectivity index (χ4v) is 2.96. The van der Waals surface area contributed by atoms with Crippen LogP contribution in [0.15, 0.2) is 35.8 Å². The molecule has 0 saturated carbocycles. The number of pyridine rings is 1. The van der Waals surface area contributed by atoms with Crippen LogP contribution in [0.2, 0.25) is 0 Å². The Hall–Kier alpha value is -1.96. The van der Waals surface area contributed by atoms with Crippen LogP contribution in [0.4, 0.5) is 11.5 Å². The number of carbonyl (C=O) groups is 1. The molecule has 1 aliphatic heterocycles. The molecule has 1 fully saturated rings. The Morgan fingerprint density at radius 2 is 2.17 bits per heavy atom. The summed E-state index contributed by atoms with van der Waals surface area (Å²) in [6.45, 7) is 5.48. The third kappa shape index (κ3) is 4.75. The highest BCUT2D eigenvalue weighted by Crippen LogP contribution is 2.13. The van der Waals surface area contributed by atoms with Gasteiger partial charge in [-0.3, -0.25) is 9.69 Å². The van der Waals surface area contributed by atoms with Gasteiger partial charge in [-0.05, 0) is 23.6 Å². The highest BCUT2D eigenvalue weighted by Gasteiger charge is 2.09. The third-order valence-corrected chi connectivity index (χ3v) is 4.48. The second-order valence-corrected chi connectivity index (χ2v) is 6.19. The van der Waals surface area contributed by atoms with Crippen LogP contribution >= 0.6 is 11.3 Å². The van der Waals surface area contributed by atoms with Gasteiger partial charge < -0.3 is 15.4 Å². The van der Waals surface area contributed by atoms with Crippen LogP contribution in [0.1, 0.15) is 9.67 Å². The van der Waals surface area contributed by atoms with E-state index in [4.69, 9.17) is 4.74 Å². The topological polar surface area (TPSA) is 66.5 Å². The predicted octanol–water partition coefficient (Wildman–Crippen LogP) is 2.14. The van der Waals surface area contributed by atoms with Crippen molar-refractivity contribution in [2.75, 3.05) is 50.0 Å². The largest absolute Gasteiger partial charge is 0.383 e. The number of hydrogen-bond acceptors (Lipinski definition) is 6. The van der Waals surface area contributed by atoms with Crippen molar-refractivity contribution in [3.8, 4) is 0 Å². The zero-order valence-corrected chi connectivity index (χ0v) is 13.6. The molecule has 0 atom stereocenters. The highest BCUT2D eigenvalue weighted by molar-refractivity contribution is 7.12. The Kier molecular flexibility index (Phi) is 5.57. The van der Waals surface area contributed by atoms with Crippen LogP contribution < -0.4 is 10.6 Å². The molecule has 3 heterocycles. The summed E-state index contributed by atoms with van der Waals surface area (Å²) in [5, 5.41) is 8.01. The molecule has 3 rings (SSSR count). The molecule has 0 aromatic carbocycles. The molecule has 0 radical (unpaired) electrons. The van der Waals surface area contributed by atoms with Gasteiger partial charge >= 0.3 is 0 Å². The van der Waals surface area contributed by atoms with Crippen LogP contribution in [0.25, 0.3) is 0 Å². The normalized spacial score (nSPS) is 15.3. The van der Waals surface area contributed by atoms with Gasteiger partial charge in [0.2, 0.25) is 0 Å². The number of thiophene rings is 1. The van der Waals surface area contributed by atoms with Crippen LogP contribution in [-0.2, 0) is 4.74 Å². The summed E-state index contributed by atoms with van der Waals surface area (Å²) >= 11 is 1.41. The summed E-state index contributed by atoms with van der Waals surface area (Å²) in [6, 6.07) is 7.38. The third-order valence-electron chi connectivity index (χ3n) is 3.61. The Labute approximate surface area is 139 Å². The molecule has 0 unspecified atom stereocenters. The molecule has 2 N–H and O–H groups in total. The van der Waals surface area contributed by atoms with Gasteiger partial charge in [0.15, 0.2) is 0 Å². The standard InChI is InChI=1S/C16H20N4O2S/c21-16(14-2-1-11-23-14)19-15-4-3-13(12-18-15)17-5-6-20-7-9-22-10-8-20/h1-4,11-12,17H,5-10H2,(H,18,19,21). The molecular formula is C16H20N4O2S. The van der Waals surface area contributed by atoms with Crippen LogP contribution in [0.5, 0.6) is 0 Å². The van der Waals surface area contributed by atoms with Crippen molar-refractivity contribution in [1.29, 1.82) is 0 Å². The Morgan fingerprint density at radius 3 is 2.87 bits per heavy atom. The zero-order valence-electron chi connectivity index (χ0n) is 12.8. The lowest BCUT2D eigenvalue weighted by Crippen LogP contribution is -2.39. The van der Waals surface area contributed by atoms with Gasteiger partial charge in [0.1, 0.15) is 5.82 Å². The SMILES string of the molecule is O=C(Nc1ccc(NCCN2CCOCC2)cn1)c1cccs1. The lowest BCUT2D eigenvalue weighted by atomic mass is 10.3. The number of carbonyl (C=O) groups excluding carboxylic acids is 1. The number of rotatable bonds is 6. The molecular weight excluding hydrogens is 312 g/mol. The van der Waals surface area contributed by atoms with Crippen LogP contribution in [-0.4, -0.2) is 55.2 Å². The Balaban J connectivity index is 1.44. The van der Waals surface area contributed by atoms with Gasteiger partial charge in [0, 0.05) is 26.2 Å². The first-order valence-corrected chi connectivity index (χ1v) is 8.54. The number of amides is 1. The minimum Gasteiger partial charge on any atom is -0.383 e. The molecule has 2 aromatic heterocycles. The van der Waals surface area contributed by atoms with Gasteiger partial charge in [-0.2, -0.15) is 0 Å². The molecule has 0 aliphatic carbocycles. The Bertz CT molecular complexity index is 610. The van der Waals surface area contributed by atoms with E-state index in [-0.39, 0.29) is 5.91 Å². The molecule has 23 heavy (non-hydrogen) atoms. The van der Waals surface area contributed by atoms with Crippen molar-refractivity contribution in [1.82, 2.24) is 9.88 Å². The number of aromatic nitrogens is 1. The average molecular weight is 332 g/mol. The maximum atomic E-state index is 11.9. The van der Waals surface area contributed by atoms with E-state index in [1.54, 1.807) is 12.3 Å². The summed E-state index contributed by atoms with van der Waals surface area (Å²) in [7, 11) is 0. The molecule has 1 saturated heterocycles. The fraction of sp³-hybridized carbons (Fsp3) is 0.375. The summed E-state index contributed by atoms with van der Waals surface area (Å²) in [5.41, 5.74) is 0.951. The number of nitrogens with zero attached hydrogens (tertiary/aromatic N) is 2. The lowest BCUT2D eigenvalue weighted by molar-refractivity contribution is 0.0398. The van der Waals surface area contributed by atoms with Crippen molar-refractivity contribution < 1.29 is 9.53 Å². The molecule has 2 aromatic rings. The van der Waals surface area contributed by atoms with Crippen molar-refractivity contribution in [2.24, 2.45) is 0 Å². The van der Waals surface area contributed by atoms with E-state index in [9.17, 15) is 4.79 Å². The number of ether oxygens (including phenoxy) is 1. The van der Waals surface area contributed by atoms with Crippen molar-refractivity contribution >= 4 is 28.7 Å². The van der Waals surface area contributed by atoms with E-state index in [0.29, 0.717) is 10.7 Å². The van der Waals surface area contributed by atoms with Crippen LogP contribution in [0.3, 0.4) is 0 Å². The average Bonchev–Trinajstić information content (AvgIpc) is 3.12. The smallest absolute Gasteiger partial charge is 0.266 e. The van der Waals surface area contributed by atoms with E-state index >= 15 is 0 Å². The van der Waals surface area contributed by atoms with E-state index in [0.717, 1.165) is 45.1 Å². The second-order valence-electron chi connectivity index (χ2n) is 5.24. The maximum absolute atomic E-state index is 11.9. The number of nitrogens with one attached hydrogen (secondary N) is 2. The second kappa shape index (κ2) is 8.05. The first kappa shape index (κ1) is 15.9. The number of morpholine rings is 1. The predicted molar refractivity (Wildman–Crippen MR) is 92.3 cm³/mol. The first-order valence-electron chi connectivity index (χ1n) is 7.66. The van der Waals surface area contributed by atoms with E-state index in [1.807, 2.05) is 23.6 Å². The minimum atomic E-state index is -0.125. The van der Waals surface area contributed by atoms with Crippen LogP contribution in [0, 0.1) is 0 Å². The van der Waals surface area contributed by atoms with E-state index in [1.165, 1.54) is 11.3 Å². The molecule has 122 valence electrons. The summed E-state index contributed by atoms with van der Waals surface area (Å²) in [4.78, 5) is 19.3. The van der Waals surface area contributed by atoms with E-state index < -0.39 is 0 Å². The van der Waals surface area contributed by atoms with Gasteiger partial charge in [-0.25, -0.2) is 4.98 Å². The number of anilines is 2. The number of hydrogen-bond donors (Lipinski definition) is 2. The monoisotopic (exact) mass is 332 g/mol. The molecule has 1 amide bonds. The summed E-state index contributed by atoms with van der Waals surface area (Å²) < 4.78 is 5.33. The van der Waals surface area contributed by atoms with Gasteiger partial charge in [0.25, 0.3) is 5.91 Å². The van der Waals surface area contributed by atoms with E-state index in [2.05, 4.69) is 20.5 Å². The zero-order chi connectivity index (χ0) is 15.9. The summed E-state index contributed by atoms with van der Waals surface area (Å²) in [5.74, 6) is 0.433. The molecule has 0 spiro atoms. The van der Waals surface area contributed by atoms with Crippen molar-refractivity contribution in [3.05, 3.63) is 40.7 Å². The van der Waals surface area contributed by atoms with Gasteiger partial charge in [0.05, 0.1) is 30.0 Å². The highest BCUT2D eigenvalue weighted by atomic mass is 32.1. The van der Waals surface area contributed by atoms with Crippen molar-refractivity contribution in [2.45, 2.75) is 0 Å². The van der Waals surface area contributed by atoms with Gasteiger partial charge in [-0.1, -0.05) is 6.07 Å². The summed E-state index contributed by atoms with van der Waals surface area (Å²) in [6.07, 6.45) is 1.74. The first-order chi connectivity index (χ1) is 11.3. The quantitative estimate of drug-likeness (QED) is 0.848.